The van der Waals surface area contributed by atoms with Gasteiger partial charge in [0.05, 0.1) is 23.8 Å². The van der Waals surface area contributed by atoms with Crippen molar-refractivity contribution in [2.75, 3.05) is 24.6 Å². The summed E-state index contributed by atoms with van der Waals surface area (Å²) >= 11 is 0. The molecule has 1 atom stereocenters. The molecular formula is C27H29N5O5. The predicted octanol–water partition coefficient (Wildman–Crippen LogP) is 3.22. The number of para-hydroxylation sites is 2. The summed E-state index contributed by atoms with van der Waals surface area (Å²) in [6.07, 6.45) is 0.463. The van der Waals surface area contributed by atoms with Gasteiger partial charge >= 0.3 is 0 Å². The molecule has 0 aliphatic carbocycles. The molecule has 0 saturated heterocycles. The predicted molar refractivity (Wildman–Crippen MR) is 141 cm³/mol. The number of Topliss-reactive ketones (excluding diaryl/α,β-unsaturated/α-hetero) is 1. The number of carbonyl (C=O) groups excluding carboxylic acids is 1. The highest BCUT2D eigenvalue weighted by Crippen LogP contribution is 2.33. The molecular weight excluding hydrogens is 474 g/mol. The molecule has 0 fully saturated rings. The number of nitro benzene ring substituents is 1. The molecule has 3 aromatic carbocycles. The van der Waals surface area contributed by atoms with Crippen molar-refractivity contribution < 1.29 is 19.2 Å². The van der Waals surface area contributed by atoms with E-state index in [1.165, 1.54) is 12.1 Å². The van der Waals surface area contributed by atoms with E-state index in [1.807, 2.05) is 53.4 Å². The average Bonchev–Trinajstić information content (AvgIpc) is 3.01. The van der Waals surface area contributed by atoms with E-state index in [0.29, 0.717) is 37.6 Å². The summed E-state index contributed by atoms with van der Waals surface area (Å²) < 4.78 is 12.0. The number of ether oxygens (including phenoxy) is 2. The van der Waals surface area contributed by atoms with E-state index >= 15 is 0 Å². The van der Waals surface area contributed by atoms with E-state index in [-0.39, 0.29) is 24.0 Å². The van der Waals surface area contributed by atoms with Gasteiger partial charge in [0.2, 0.25) is 0 Å². The zero-order chi connectivity index (χ0) is 26.2. The van der Waals surface area contributed by atoms with Crippen LogP contribution in [0.15, 0.2) is 77.8 Å². The minimum Gasteiger partial charge on any atom is -0.493 e. The van der Waals surface area contributed by atoms with Crippen molar-refractivity contribution in [2.24, 2.45) is 16.5 Å². The van der Waals surface area contributed by atoms with Gasteiger partial charge in [-0.3, -0.25) is 19.9 Å². The molecule has 192 valence electrons. The fourth-order valence-corrected chi connectivity index (χ4v) is 4.07. The normalized spacial score (nSPS) is 14.8. The number of benzene rings is 3. The summed E-state index contributed by atoms with van der Waals surface area (Å²) in [6.45, 7) is 1.41. The van der Waals surface area contributed by atoms with Gasteiger partial charge in [-0.2, -0.15) is 0 Å². The Kier molecular flexibility index (Phi) is 8.19. The van der Waals surface area contributed by atoms with E-state index in [0.717, 1.165) is 23.2 Å². The Hall–Kier alpha value is -4.60. The second-order valence-corrected chi connectivity index (χ2v) is 8.66. The first kappa shape index (κ1) is 25.5. The van der Waals surface area contributed by atoms with Crippen molar-refractivity contribution in [2.45, 2.75) is 25.5 Å². The van der Waals surface area contributed by atoms with Gasteiger partial charge in [-0.1, -0.05) is 36.4 Å². The molecule has 0 spiro atoms. The average molecular weight is 504 g/mol. The first-order chi connectivity index (χ1) is 17.9. The number of carbonyl (C=O) groups is 1. The minimum absolute atomic E-state index is 0.0278. The summed E-state index contributed by atoms with van der Waals surface area (Å²) in [5.74, 6) is 1.33. The molecule has 1 unspecified atom stereocenters. The number of anilines is 1. The number of guanidine groups is 1. The molecule has 0 radical (unpaired) electrons. The van der Waals surface area contributed by atoms with E-state index < -0.39 is 11.0 Å². The van der Waals surface area contributed by atoms with Crippen LogP contribution >= 0.6 is 0 Å². The van der Waals surface area contributed by atoms with E-state index in [2.05, 4.69) is 4.99 Å². The van der Waals surface area contributed by atoms with Gasteiger partial charge in [0.25, 0.3) is 5.69 Å². The van der Waals surface area contributed by atoms with Crippen molar-refractivity contribution in [3.05, 3.63) is 94.0 Å². The van der Waals surface area contributed by atoms with E-state index in [4.69, 9.17) is 20.9 Å². The second-order valence-electron chi connectivity index (χ2n) is 8.66. The highest BCUT2D eigenvalue weighted by molar-refractivity contribution is 5.89. The molecule has 4 rings (SSSR count). The maximum atomic E-state index is 13.1. The lowest BCUT2D eigenvalue weighted by molar-refractivity contribution is -0.384. The van der Waals surface area contributed by atoms with Crippen LogP contribution in [0.25, 0.3) is 0 Å². The van der Waals surface area contributed by atoms with Gasteiger partial charge in [-0.15, -0.1) is 0 Å². The lowest BCUT2D eigenvalue weighted by atomic mass is 10.1. The zero-order valence-electron chi connectivity index (χ0n) is 20.3. The summed E-state index contributed by atoms with van der Waals surface area (Å²) in [7, 11) is 0. The number of rotatable bonds is 10. The van der Waals surface area contributed by atoms with Crippen LogP contribution in [-0.4, -0.2) is 42.5 Å². The molecule has 3 aromatic rings. The lowest BCUT2D eigenvalue weighted by Gasteiger charge is -2.23. The van der Waals surface area contributed by atoms with Crippen LogP contribution in [0, 0.1) is 10.1 Å². The van der Waals surface area contributed by atoms with Gasteiger partial charge in [0.1, 0.15) is 11.5 Å². The Balaban J connectivity index is 1.36. The second kappa shape index (κ2) is 11.9. The first-order valence-electron chi connectivity index (χ1n) is 11.9. The molecule has 10 heteroatoms. The summed E-state index contributed by atoms with van der Waals surface area (Å²) in [5, 5.41) is 11.0. The Labute approximate surface area is 214 Å². The Bertz CT molecular complexity index is 1260. The molecule has 10 nitrogen and oxygen atoms in total. The molecule has 0 bridgehead atoms. The molecule has 0 aromatic heterocycles. The van der Waals surface area contributed by atoms with Crippen molar-refractivity contribution in [3.63, 3.8) is 0 Å². The fourth-order valence-electron chi connectivity index (χ4n) is 4.07. The minimum atomic E-state index is -0.651. The van der Waals surface area contributed by atoms with E-state index in [9.17, 15) is 14.9 Å². The number of hydrogen-bond acceptors (Lipinski definition) is 7. The van der Waals surface area contributed by atoms with Crippen LogP contribution in [0.5, 0.6) is 11.5 Å². The van der Waals surface area contributed by atoms with Crippen molar-refractivity contribution in [1.82, 2.24) is 0 Å². The van der Waals surface area contributed by atoms with Crippen molar-refractivity contribution in [3.8, 4) is 11.5 Å². The molecule has 0 amide bonds. The van der Waals surface area contributed by atoms with Crippen LogP contribution in [0.2, 0.25) is 0 Å². The number of fused-ring (bicyclic) bond motifs is 1. The maximum Gasteiger partial charge on any atom is 0.269 e. The first-order valence-corrected chi connectivity index (χ1v) is 11.9. The zero-order valence-corrected chi connectivity index (χ0v) is 20.3. The number of nitro groups is 1. The number of hydrogen-bond donors (Lipinski definition) is 2. The Morgan fingerprint density at radius 1 is 1.05 bits per heavy atom. The quantitative estimate of drug-likeness (QED) is 0.186. The molecule has 0 saturated carbocycles. The van der Waals surface area contributed by atoms with Crippen LogP contribution in [0.4, 0.5) is 11.4 Å². The number of ketones is 1. The standard InChI is InChI=1S/C27H29N5O5/c28-27(29)30-15-13-19-7-11-22(12-8-19)36-16-14-26-24(33)18-31(23-3-1-2-4-25(23)37-26)17-20-5-9-21(10-6-20)32(34)35/h1-12,26H,13-18H2,(H4,28,29,30). The third kappa shape index (κ3) is 6.97. The third-order valence-corrected chi connectivity index (χ3v) is 5.97. The van der Waals surface area contributed by atoms with Crippen molar-refractivity contribution >= 4 is 23.1 Å². The number of aliphatic imine (C=N–C) groups is 1. The number of non-ortho nitro benzene ring substituents is 1. The van der Waals surface area contributed by atoms with Gasteiger partial charge in [-0.25, -0.2) is 0 Å². The number of nitrogens with zero attached hydrogens (tertiary/aromatic N) is 3. The topological polar surface area (TPSA) is 146 Å². The molecule has 1 heterocycles. The smallest absolute Gasteiger partial charge is 0.269 e. The van der Waals surface area contributed by atoms with Crippen LogP contribution in [0.3, 0.4) is 0 Å². The summed E-state index contributed by atoms with van der Waals surface area (Å²) in [5.41, 5.74) is 13.5. The largest absolute Gasteiger partial charge is 0.493 e. The lowest BCUT2D eigenvalue weighted by Crippen LogP contribution is -2.35. The highest BCUT2D eigenvalue weighted by Gasteiger charge is 2.29. The van der Waals surface area contributed by atoms with E-state index in [1.54, 1.807) is 12.1 Å². The summed E-state index contributed by atoms with van der Waals surface area (Å²) in [6, 6.07) is 21.5. The molecule has 1 aliphatic heterocycles. The SMILES string of the molecule is NC(N)=NCCc1ccc(OCCC2Oc3ccccc3N(Cc3ccc([N+](=O)[O-])cc3)CC2=O)cc1. The molecule has 37 heavy (non-hydrogen) atoms. The third-order valence-electron chi connectivity index (χ3n) is 5.97. The van der Waals surface area contributed by atoms with Crippen LogP contribution in [0.1, 0.15) is 17.5 Å². The van der Waals surface area contributed by atoms with Crippen LogP contribution in [-0.2, 0) is 17.8 Å². The van der Waals surface area contributed by atoms with Gasteiger partial charge in [0.15, 0.2) is 17.8 Å². The monoisotopic (exact) mass is 503 g/mol. The Morgan fingerprint density at radius 2 is 1.76 bits per heavy atom. The molecule has 1 aliphatic rings. The van der Waals surface area contributed by atoms with Gasteiger partial charge in [-0.05, 0) is 41.8 Å². The van der Waals surface area contributed by atoms with Crippen molar-refractivity contribution in [1.29, 1.82) is 0 Å². The summed E-state index contributed by atoms with van der Waals surface area (Å²) in [4.78, 5) is 29.6. The van der Waals surface area contributed by atoms with Crippen LogP contribution < -0.4 is 25.8 Å². The highest BCUT2D eigenvalue weighted by atomic mass is 16.6. The maximum absolute atomic E-state index is 13.1. The fraction of sp³-hybridized carbons (Fsp3) is 0.259. The molecule has 4 N–H and O–H groups in total. The van der Waals surface area contributed by atoms with Gasteiger partial charge < -0.3 is 25.8 Å². The Morgan fingerprint density at radius 3 is 2.46 bits per heavy atom. The van der Waals surface area contributed by atoms with Gasteiger partial charge in [0, 0.05) is 31.6 Å². The number of nitrogens with two attached hydrogens (primary N) is 2.